The van der Waals surface area contributed by atoms with Gasteiger partial charge in [-0.2, -0.15) is 13.1 Å². The van der Waals surface area contributed by atoms with Gasteiger partial charge in [0, 0.05) is 6.54 Å². The molecule has 236 valence electrons. The molecule has 4 aromatic rings. The molecule has 7 heterocycles. The van der Waals surface area contributed by atoms with E-state index >= 15 is 8.78 Å². The minimum absolute atomic E-state index is 0.0233. The Morgan fingerprint density at radius 1 is 0.909 bits per heavy atom. The van der Waals surface area contributed by atoms with Crippen molar-refractivity contribution in [3.63, 3.8) is 0 Å². The van der Waals surface area contributed by atoms with Crippen LogP contribution in [0.3, 0.4) is 0 Å². The molecule has 44 heavy (non-hydrogen) atoms. The van der Waals surface area contributed by atoms with Gasteiger partial charge in [0.15, 0.2) is 47.7 Å². The quantitative estimate of drug-likeness (QED) is 0.189. The fourth-order valence-corrected chi connectivity index (χ4v) is 7.56. The van der Waals surface area contributed by atoms with E-state index in [1.54, 1.807) is 0 Å². The normalized spacial score (nSPS) is 36.1. The number of hydrogen-bond donors (Lipinski definition) is 4. The van der Waals surface area contributed by atoms with Crippen LogP contribution in [0.2, 0.25) is 0 Å². The molecular formula is C20H22F2N11O8PS2. The fraction of sp³-hybridized carbons (Fsp3) is 0.500. The summed E-state index contributed by atoms with van der Waals surface area (Å²) in [7, 11) is -4.76. The molecule has 1 unspecified atom stereocenters. The molecule has 0 radical (unpaired) electrons. The molecule has 0 aliphatic carbocycles. The maximum absolute atomic E-state index is 15.9. The average molecular weight is 678 g/mol. The summed E-state index contributed by atoms with van der Waals surface area (Å²) in [5.41, 5.74) is 12.2. The number of hydrogen-bond acceptors (Lipinski definition) is 16. The monoisotopic (exact) mass is 677 g/mol. The molecule has 0 saturated carbocycles. The smallest absolute Gasteiger partial charge is 0.336 e. The van der Waals surface area contributed by atoms with Crippen molar-refractivity contribution < 1.29 is 44.8 Å². The average Bonchev–Trinajstić information content (AvgIpc) is 3.73. The molecule has 3 fully saturated rings. The molecule has 19 nitrogen and oxygen atoms in total. The molecular weight excluding hydrogens is 655 g/mol. The molecule has 2 bridgehead atoms. The first-order valence-corrected chi connectivity index (χ1v) is 16.7. The summed E-state index contributed by atoms with van der Waals surface area (Å²) in [6.07, 6.45) is -8.80. The first-order chi connectivity index (χ1) is 20.9. The maximum Gasteiger partial charge on any atom is 0.336 e. The van der Waals surface area contributed by atoms with Crippen LogP contribution in [-0.2, 0) is 44.8 Å². The predicted molar refractivity (Wildman–Crippen MR) is 146 cm³/mol. The number of alkyl halides is 2. The number of nitrogens with two attached hydrogens (primary N) is 2. The lowest BCUT2D eigenvalue weighted by Gasteiger charge is -2.26. The highest BCUT2D eigenvalue weighted by Crippen LogP contribution is 2.51. The van der Waals surface area contributed by atoms with E-state index in [1.165, 1.54) is 21.8 Å². The molecule has 6 N–H and O–H groups in total. The number of ether oxygens (including phenoxy) is 2. The van der Waals surface area contributed by atoms with Crippen LogP contribution >= 0.6 is 6.72 Å². The van der Waals surface area contributed by atoms with Gasteiger partial charge in [-0.15, -0.1) is 0 Å². The van der Waals surface area contributed by atoms with Crippen LogP contribution in [0.25, 0.3) is 22.3 Å². The van der Waals surface area contributed by atoms with Crippen LogP contribution in [0.5, 0.6) is 0 Å². The third-order valence-corrected chi connectivity index (χ3v) is 9.77. The summed E-state index contributed by atoms with van der Waals surface area (Å²) in [6, 6.07) is 0. The summed E-state index contributed by atoms with van der Waals surface area (Å²) < 4.78 is 89.9. The van der Waals surface area contributed by atoms with Gasteiger partial charge >= 0.3 is 17.0 Å². The lowest BCUT2D eigenvalue weighted by atomic mass is 10.1. The van der Waals surface area contributed by atoms with Crippen molar-refractivity contribution in [1.29, 1.82) is 0 Å². The van der Waals surface area contributed by atoms with Crippen LogP contribution in [0, 0.1) is 0 Å². The number of halogens is 2. The fourth-order valence-electron chi connectivity index (χ4n) is 5.19. The molecule has 3 saturated heterocycles. The van der Waals surface area contributed by atoms with Crippen molar-refractivity contribution in [3.05, 3.63) is 25.3 Å². The van der Waals surface area contributed by atoms with Gasteiger partial charge in [-0.1, -0.05) is 0 Å². The Kier molecular flexibility index (Phi) is 7.23. The maximum atomic E-state index is 15.9. The molecule has 9 atom stereocenters. The van der Waals surface area contributed by atoms with Crippen molar-refractivity contribution in [3.8, 4) is 0 Å². The van der Waals surface area contributed by atoms with Crippen LogP contribution in [0.4, 0.5) is 20.4 Å². The van der Waals surface area contributed by atoms with Crippen molar-refractivity contribution >= 4 is 62.8 Å². The third-order valence-electron chi connectivity index (χ3n) is 7.21. The first kappa shape index (κ1) is 29.6. The molecule has 3 aliphatic heterocycles. The number of nitrogen functional groups attached to an aromatic ring is 2. The van der Waals surface area contributed by atoms with Gasteiger partial charge in [-0.3, -0.25) is 13.7 Å². The molecule has 3 aliphatic rings. The Morgan fingerprint density at radius 3 is 2.14 bits per heavy atom. The zero-order valence-electron chi connectivity index (χ0n) is 21.9. The Bertz CT molecular complexity index is 1900. The van der Waals surface area contributed by atoms with E-state index in [4.69, 9.17) is 46.0 Å². The number of anilines is 2. The van der Waals surface area contributed by atoms with Gasteiger partial charge in [0.05, 0.1) is 19.3 Å². The van der Waals surface area contributed by atoms with E-state index in [0.29, 0.717) is 0 Å². The lowest BCUT2D eigenvalue weighted by molar-refractivity contribution is -0.0499. The number of nitrogens with zero attached hydrogens (tertiary/aromatic N) is 8. The minimum atomic E-state index is -4.76. The summed E-state index contributed by atoms with van der Waals surface area (Å²) in [4.78, 5) is 35.0. The van der Waals surface area contributed by atoms with Gasteiger partial charge in [0.25, 0.3) is 0 Å². The summed E-state index contributed by atoms with van der Waals surface area (Å²) in [5.74, 6) is 0.0607. The minimum Gasteiger partial charge on any atom is -0.382 e. The summed E-state index contributed by atoms with van der Waals surface area (Å²) >= 11 is 5.15. The number of nitrogens with one attached hydrogen (secondary N) is 1. The zero-order valence-corrected chi connectivity index (χ0v) is 24.4. The standard InChI is InChI=1S/C20H22F2N11O8PS2/c21-9-7-1-31-44(35,36)41-13-8(39-19(10(13)22)32-5-29-11-15(23)25-3-27-17(11)32)2-37-42(34,43)40-14(9)20(38-7)33-6-30-12-16(24)26-4-28-18(12)33/h3-10,13-14,19-20,31H,1-2H2,(H,34,43)(H2,23,25,27)(H2,24,26,28)/t7-,8-,9-,10-,13-,14-,19-,20-,42?/m1/s1. The molecule has 0 spiro atoms. The Balaban J connectivity index is 1.20. The Labute approximate surface area is 250 Å². The van der Waals surface area contributed by atoms with Gasteiger partial charge < -0.3 is 30.4 Å². The van der Waals surface area contributed by atoms with Crippen LogP contribution in [-0.4, -0.2) is 102 Å². The van der Waals surface area contributed by atoms with Crippen molar-refractivity contribution in [2.45, 2.75) is 49.2 Å². The van der Waals surface area contributed by atoms with E-state index in [9.17, 15) is 13.3 Å². The van der Waals surface area contributed by atoms with E-state index < -0.39 is 79.4 Å². The van der Waals surface area contributed by atoms with Crippen molar-refractivity contribution in [2.75, 3.05) is 24.6 Å². The zero-order chi connectivity index (χ0) is 31.0. The highest BCUT2D eigenvalue weighted by molar-refractivity contribution is 8.07. The second-order valence-electron chi connectivity index (χ2n) is 9.88. The first-order valence-electron chi connectivity index (χ1n) is 12.7. The van der Waals surface area contributed by atoms with E-state index in [2.05, 4.69) is 34.6 Å². The second kappa shape index (κ2) is 10.8. The van der Waals surface area contributed by atoms with Gasteiger partial charge in [-0.25, -0.2) is 42.9 Å². The largest absolute Gasteiger partial charge is 0.382 e. The van der Waals surface area contributed by atoms with E-state index in [-0.39, 0.29) is 34.0 Å². The Hall–Kier alpha value is -3.12. The summed E-state index contributed by atoms with van der Waals surface area (Å²) in [6.45, 7) is -5.73. The highest BCUT2D eigenvalue weighted by Gasteiger charge is 2.53. The molecule has 4 aromatic heterocycles. The third kappa shape index (κ3) is 5.07. The van der Waals surface area contributed by atoms with Crippen LogP contribution in [0.1, 0.15) is 12.5 Å². The van der Waals surface area contributed by atoms with Gasteiger partial charge in [-0.05, 0) is 11.8 Å². The van der Waals surface area contributed by atoms with Crippen molar-refractivity contribution in [2.24, 2.45) is 0 Å². The van der Waals surface area contributed by atoms with Crippen molar-refractivity contribution in [1.82, 2.24) is 43.8 Å². The number of imidazole rings is 2. The molecule has 7 rings (SSSR count). The second-order valence-corrected chi connectivity index (χ2v) is 14.1. The van der Waals surface area contributed by atoms with Crippen LogP contribution < -0.4 is 16.2 Å². The van der Waals surface area contributed by atoms with E-state index in [1.807, 2.05) is 0 Å². The summed E-state index contributed by atoms with van der Waals surface area (Å²) in [5, 5.41) is 0. The Morgan fingerprint density at radius 2 is 1.50 bits per heavy atom. The molecule has 0 amide bonds. The molecule has 24 heteroatoms. The SMILES string of the molecule is Nc1ncnc2c1ncn2[C@@H]1O[C@@H]2COP(O)(=S)O[C@@H]3[C@H](F)[C@@H](CNS(=O)(=O)O[C@H]2[C@H]1F)O[C@H]3n1cnc2c(N)ncnc21. The van der Waals surface area contributed by atoms with Gasteiger partial charge in [0.1, 0.15) is 48.1 Å². The molecule has 0 aromatic carbocycles. The number of aromatic nitrogens is 8. The van der Waals surface area contributed by atoms with E-state index in [0.717, 1.165) is 12.7 Å². The number of fused-ring (bicyclic) bond motifs is 5. The topological polar surface area (TPSA) is 252 Å². The highest BCUT2D eigenvalue weighted by atomic mass is 32.5. The lowest BCUT2D eigenvalue weighted by Crippen LogP contribution is -2.43. The number of rotatable bonds is 2. The van der Waals surface area contributed by atoms with Crippen LogP contribution in [0.15, 0.2) is 25.3 Å². The van der Waals surface area contributed by atoms with Gasteiger partial charge in [0.2, 0.25) is 0 Å². The predicted octanol–water partition coefficient (Wildman–Crippen LogP) is -0.847.